The predicted octanol–water partition coefficient (Wildman–Crippen LogP) is 2.41. The van der Waals surface area contributed by atoms with Crippen LogP contribution in [0.25, 0.3) is 0 Å². The number of likely N-dealkylation sites (N-methyl/N-ethyl adjacent to an activating group) is 1. The third-order valence-corrected chi connectivity index (χ3v) is 7.03. The second-order valence-electron chi connectivity index (χ2n) is 9.28. The van der Waals surface area contributed by atoms with E-state index in [2.05, 4.69) is 21.8 Å². The molecule has 1 atom stereocenters. The fraction of sp³-hybridized carbons (Fsp3) is 0.652. The van der Waals surface area contributed by atoms with Crippen molar-refractivity contribution in [1.82, 2.24) is 25.3 Å². The number of carbonyl (C=O) groups is 3. The highest BCUT2D eigenvalue weighted by Crippen LogP contribution is 2.27. The molecule has 31 heavy (non-hydrogen) atoms. The average Bonchev–Trinajstić information content (AvgIpc) is 3.43. The third kappa shape index (κ3) is 4.38. The number of aromatic nitrogens is 2. The van der Waals surface area contributed by atoms with Crippen LogP contribution in [-0.2, 0) is 11.3 Å². The van der Waals surface area contributed by atoms with Crippen LogP contribution in [0.5, 0.6) is 0 Å². The zero-order chi connectivity index (χ0) is 22.0. The second kappa shape index (κ2) is 8.85. The molecule has 168 valence electrons. The summed E-state index contributed by atoms with van der Waals surface area (Å²) in [7, 11) is 1.64. The Morgan fingerprint density at radius 2 is 2.00 bits per heavy atom. The van der Waals surface area contributed by atoms with Crippen LogP contribution in [0.4, 0.5) is 0 Å². The maximum Gasteiger partial charge on any atom is 0.272 e. The molecule has 1 saturated carbocycles. The number of rotatable bonds is 6. The summed E-state index contributed by atoms with van der Waals surface area (Å²) < 4.78 is 1.51. The summed E-state index contributed by atoms with van der Waals surface area (Å²) in [6.07, 6.45) is 12.0. The van der Waals surface area contributed by atoms with Gasteiger partial charge >= 0.3 is 0 Å². The van der Waals surface area contributed by atoms with Crippen molar-refractivity contribution in [3.8, 4) is 0 Å². The summed E-state index contributed by atoms with van der Waals surface area (Å²) in [6, 6.07) is 1.70. The molecule has 1 aromatic rings. The van der Waals surface area contributed by atoms with Gasteiger partial charge in [0.25, 0.3) is 11.8 Å². The monoisotopic (exact) mass is 427 g/mol. The topological polar surface area (TPSA) is 96.3 Å². The lowest BCUT2D eigenvalue weighted by atomic mass is 9.95. The highest BCUT2D eigenvalue weighted by Gasteiger charge is 2.46. The van der Waals surface area contributed by atoms with Gasteiger partial charge in [-0.25, -0.2) is 0 Å². The molecule has 0 aromatic carbocycles. The molecule has 2 heterocycles. The highest BCUT2D eigenvalue weighted by atomic mass is 16.2. The standard InChI is InChI=1S/C23H33N5O3/c1-23(22(31)25-17-10-6-7-11-17)15-28-19(21(30)27(23)2)14-18(26-28)20(29)24-13-12-16-8-4-3-5-9-16/h8,14,17H,3-7,9-13,15H2,1-2H3,(H,24,29)(H,25,31). The highest BCUT2D eigenvalue weighted by molar-refractivity contribution is 6.01. The van der Waals surface area contributed by atoms with Crippen molar-refractivity contribution in [3.63, 3.8) is 0 Å². The fourth-order valence-corrected chi connectivity index (χ4v) is 4.81. The van der Waals surface area contributed by atoms with Gasteiger partial charge in [-0.1, -0.05) is 24.5 Å². The first kappa shape index (κ1) is 21.6. The zero-order valence-corrected chi connectivity index (χ0v) is 18.6. The Morgan fingerprint density at radius 1 is 1.23 bits per heavy atom. The van der Waals surface area contributed by atoms with E-state index in [-0.39, 0.29) is 36.0 Å². The number of carbonyl (C=O) groups excluding carboxylic acids is 3. The molecule has 2 N–H and O–H groups in total. The first-order valence-electron chi connectivity index (χ1n) is 11.5. The van der Waals surface area contributed by atoms with Crippen molar-refractivity contribution >= 4 is 17.7 Å². The van der Waals surface area contributed by atoms with Gasteiger partial charge in [-0.05, 0) is 51.9 Å². The molecular weight excluding hydrogens is 394 g/mol. The Labute approximate surface area is 183 Å². The van der Waals surface area contributed by atoms with Crippen LogP contribution >= 0.6 is 0 Å². The molecule has 8 nitrogen and oxygen atoms in total. The zero-order valence-electron chi connectivity index (χ0n) is 18.6. The maximum absolute atomic E-state index is 13.0. The summed E-state index contributed by atoms with van der Waals surface area (Å²) in [5.41, 5.74) is 0.917. The smallest absolute Gasteiger partial charge is 0.272 e. The number of nitrogens with zero attached hydrogens (tertiary/aromatic N) is 3. The van der Waals surface area contributed by atoms with Crippen LogP contribution in [0.1, 0.15) is 85.7 Å². The van der Waals surface area contributed by atoms with E-state index in [0.29, 0.717) is 12.2 Å². The summed E-state index contributed by atoms with van der Waals surface area (Å²) in [6.45, 7) is 2.54. The van der Waals surface area contributed by atoms with Crippen molar-refractivity contribution in [2.24, 2.45) is 0 Å². The number of nitrogens with one attached hydrogen (secondary N) is 2. The van der Waals surface area contributed by atoms with E-state index in [1.54, 1.807) is 14.0 Å². The largest absolute Gasteiger partial charge is 0.351 e. The van der Waals surface area contributed by atoms with Crippen molar-refractivity contribution in [3.05, 3.63) is 29.1 Å². The number of amides is 3. The summed E-state index contributed by atoms with van der Waals surface area (Å²) in [4.78, 5) is 40.1. The molecule has 3 amide bonds. The van der Waals surface area contributed by atoms with Crippen LogP contribution < -0.4 is 10.6 Å². The van der Waals surface area contributed by atoms with Crippen LogP contribution in [0.2, 0.25) is 0 Å². The first-order valence-corrected chi connectivity index (χ1v) is 11.5. The second-order valence-corrected chi connectivity index (χ2v) is 9.28. The minimum absolute atomic E-state index is 0.164. The number of hydrogen-bond donors (Lipinski definition) is 2. The van der Waals surface area contributed by atoms with Gasteiger partial charge in [0.1, 0.15) is 11.2 Å². The van der Waals surface area contributed by atoms with Crippen LogP contribution in [0.3, 0.4) is 0 Å². The molecule has 0 bridgehead atoms. The van der Waals surface area contributed by atoms with Gasteiger partial charge in [0.15, 0.2) is 5.69 Å². The molecule has 1 aromatic heterocycles. The van der Waals surface area contributed by atoms with Gasteiger partial charge in [-0.2, -0.15) is 5.10 Å². The van der Waals surface area contributed by atoms with Crippen molar-refractivity contribution in [2.75, 3.05) is 13.6 Å². The van der Waals surface area contributed by atoms with Crippen molar-refractivity contribution < 1.29 is 14.4 Å². The Morgan fingerprint density at radius 3 is 2.71 bits per heavy atom. The van der Waals surface area contributed by atoms with E-state index >= 15 is 0 Å². The van der Waals surface area contributed by atoms with Gasteiger partial charge < -0.3 is 15.5 Å². The van der Waals surface area contributed by atoms with Gasteiger partial charge in [0.2, 0.25) is 5.91 Å². The first-order chi connectivity index (χ1) is 14.9. The Kier molecular flexibility index (Phi) is 6.16. The Hall–Kier alpha value is -2.64. The molecule has 0 radical (unpaired) electrons. The van der Waals surface area contributed by atoms with Gasteiger partial charge in [0.05, 0.1) is 6.54 Å². The minimum Gasteiger partial charge on any atom is -0.351 e. The number of fused-ring (bicyclic) bond motifs is 1. The molecular formula is C23H33N5O3. The Bertz CT molecular complexity index is 899. The predicted molar refractivity (Wildman–Crippen MR) is 117 cm³/mol. The molecule has 3 aliphatic rings. The summed E-state index contributed by atoms with van der Waals surface area (Å²) in [5, 5.41) is 10.4. The normalized spacial score (nSPS) is 24.0. The maximum atomic E-state index is 13.0. The van der Waals surface area contributed by atoms with Gasteiger partial charge in [-0.15, -0.1) is 0 Å². The van der Waals surface area contributed by atoms with E-state index in [1.807, 2.05) is 0 Å². The Balaban J connectivity index is 1.42. The minimum atomic E-state index is -1.04. The van der Waals surface area contributed by atoms with Crippen LogP contribution in [0, 0.1) is 0 Å². The fourth-order valence-electron chi connectivity index (χ4n) is 4.81. The molecule has 8 heteroatoms. The molecule has 1 unspecified atom stereocenters. The van der Waals surface area contributed by atoms with Crippen LogP contribution in [-0.4, -0.2) is 57.6 Å². The van der Waals surface area contributed by atoms with E-state index in [0.717, 1.165) is 44.9 Å². The molecule has 2 aliphatic carbocycles. The van der Waals surface area contributed by atoms with Crippen molar-refractivity contribution in [2.45, 2.75) is 82.8 Å². The molecule has 1 fully saturated rings. The molecule has 0 spiro atoms. The number of allylic oxidation sites excluding steroid dienone is 1. The van der Waals surface area contributed by atoms with Gasteiger partial charge in [0, 0.05) is 25.7 Å². The van der Waals surface area contributed by atoms with Gasteiger partial charge in [-0.3, -0.25) is 19.1 Å². The van der Waals surface area contributed by atoms with E-state index in [9.17, 15) is 14.4 Å². The SMILES string of the molecule is CN1C(=O)c2cc(C(=O)NCCC3=CCCCC3)nn2CC1(C)C(=O)NC1CCCC1. The van der Waals surface area contributed by atoms with E-state index in [1.165, 1.54) is 34.1 Å². The third-order valence-electron chi connectivity index (χ3n) is 7.03. The number of hydrogen-bond acceptors (Lipinski definition) is 4. The molecule has 4 rings (SSSR count). The van der Waals surface area contributed by atoms with E-state index in [4.69, 9.17) is 0 Å². The van der Waals surface area contributed by atoms with Crippen LogP contribution in [0.15, 0.2) is 17.7 Å². The average molecular weight is 428 g/mol. The lowest BCUT2D eigenvalue weighted by Gasteiger charge is -2.41. The quantitative estimate of drug-likeness (QED) is 0.682. The lowest BCUT2D eigenvalue weighted by molar-refractivity contribution is -0.133. The molecule has 1 aliphatic heterocycles. The van der Waals surface area contributed by atoms with E-state index < -0.39 is 5.54 Å². The lowest BCUT2D eigenvalue weighted by Crippen LogP contribution is -2.63. The summed E-state index contributed by atoms with van der Waals surface area (Å²) >= 11 is 0. The summed E-state index contributed by atoms with van der Waals surface area (Å²) in [5.74, 6) is -0.747. The molecule has 0 saturated heterocycles. The van der Waals surface area contributed by atoms with Crippen molar-refractivity contribution in [1.29, 1.82) is 0 Å².